The number of anilines is 2. The van der Waals surface area contributed by atoms with E-state index < -0.39 is 23.3 Å². The molecule has 1 aromatic carbocycles. The molecule has 3 aromatic rings. The van der Waals surface area contributed by atoms with Gasteiger partial charge in [0.15, 0.2) is 11.5 Å². The van der Waals surface area contributed by atoms with Gasteiger partial charge in [0.05, 0.1) is 0 Å². The third kappa shape index (κ3) is 2.18. The van der Waals surface area contributed by atoms with E-state index in [1.807, 2.05) is 0 Å². The van der Waals surface area contributed by atoms with Gasteiger partial charge in [0, 0.05) is 6.20 Å². The van der Waals surface area contributed by atoms with Gasteiger partial charge in [-0.1, -0.05) is 12.1 Å². The number of para-hydroxylation sites is 1. The molecule has 2 heterocycles. The molecule has 3 rings (SSSR count). The Bertz CT molecular complexity index is 825. The summed E-state index contributed by atoms with van der Waals surface area (Å²) in [6, 6.07) is 8.27. The van der Waals surface area contributed by atoms with Crippen LogP contribution in [0.5, 0.6) is 0 Å². The van der Waals surface area contributed by atoms with Crippen LogP contribution in [0.3, 0.4) is 0 Å². The highest BCUT2D eigenvalue weighted by atomic mass is 19.1. The SMILES string of the molecule is O=C(O)c1c(Nc2c(F)cccc2F)nc2ccccn12. The van der Waals surface area contributed by atoms with Crippen molar-refractivity contribution >= 4 is 23.1 Å². The number of benzene rings is 1. The molecule has 5 nitrogen and oxygen atoms in total. The molecular formula is C14H9F2N3O2. The van der Waals surface area contributed by atoms with Gasteiger partial charge in [-0.3, -0.25) is 4.40 Å². The fourth-order valence-electron chi connectivity index (χ4n) is 2.02. The monoisotopic (exact) mass is 289 g/mol. The van der Waals surface area contributed by atoms with Gasteiger partial charge in [0.25, 0.3) is 0 Å². The second-order valence-electron chi connectivity index (χ2n) is 4.26. The third-order valence-corrected chi connectivity index (χ3v) is 2.94. The Labute approximate surface area is 117 Å². The Kier molecular flexibility index (Phi) is 3.02. The summed E-state index contributed by atoms with van der Waals surface area (Å²) in [5.74, 6) is -3.04. The summed E-state index contributed by atoms with van der Waals surface area (Å²) in [5, 5.41) is 11.7. The van der Waals surface area contributed by atoms with Crippen molar-refractivity contribution in [3.63, 3.8) is 0 Å². The van der Waals surface area contributed by atoms with Crippen molar-refractivity contribution in [3.05, 3.63) is 59.9 Å². The van der Waals surface area contributed by atoms with Gasteiger partial charge in [-0.05, 0) is 24.3 Å². The number of imidazole rings is 1. The molecule has 7 heteroatoms. The maximum absolute atomic E-state index is 13.6. The summed E-state index contributed by atoms with van der Waals surface area (Å²) in [5.41, 5.74) is -0.286. The van der Waals surface area contributed by atoms with E-state index in [4.69, 9.17) is 0 Å². The number of pyridine rings is 1. The van der Waals surface area contributed by atoms with Crippen LogP contribution in [0.1, 0.15) is 10.5 Å². The number of hydrogen-bond acceptors (Lipinski definition) is 3. The van der Waals surface area contributed by atoms with E-state index in [-0.39, 0.29) is 11.5 Å². The first-order valence-corrected chi connectivity index (χ1v) is 5.99. The molecule has 106 valence electrons. The van der Waals surface area contributed by atoms with Crippen LogP contribution in [0.15, 0.2) is 42.6 Å². The van der Waals surface area contributed by atoms with Crippen molar-refractivity contribution in [3.8, 4) is 0 Å². The van der Waals surface area contributed by atoms with Crippen molar-refractivity contribution < 1.29 is 18.7 Å². The molecule has 2 aromatic heterocycles. The van der Waals surface area contributed by atoms with Crippen molar-refractivity contribution in [2.45, 2.75) is 0 Å². The van der Waals surface area contributed by atoms with Crippen molar-refractivity contribution in [2.75, 3.05) is 5.32 Å². The maximum atomic E-state index is 13.6. The quantitative estimate of drug-likeness (QED) is 0.777. The number of aromatic carboxylic acids is 1. The number of fused-ring (bicyclic) bond motifs is 1. The fourth-order valence-corrected chi connectivity index (χ4v) is 2.02. The first-order valence-electron chi connectivity index (χ1n) is 5.99. The number of carboxylic acid groups (broad SMARTS) is 1. The van der Waals surface area contributed by atoms with Crippen LogP contribution in [0.4, 0.5) is 20.3 Å². The summed E-state index contributed by atoms with van der Waals surface area (Å²) in [7, 11) is 0. The topological polar surface area (TPSA) is 66.6 Å². The number of rotatable bonds is 3. The average molecular weight is 289 g/mol. The average Bonchev–Trinajstić information content (AvgIpc) is 2.81. The molecule has 0 saturated carbocycles. The number of aromatic nitrogens is 2. The highest BCUT2D eigenvalue weighted by Gasteiger charge is 2.20. The van der Waals surface area contributed by atoms with Crippen LogP contribution in [0.2, 0.25) is 0 Å². The number of halogens is 2. The summed E-state index contributed by atoms with van der Waals surface area (Å²) >= 11 is 0. The molecule has 0 amide bonds. The lowest BCUT2D eigenvalue weighted by molar-refractivity contribution is 0.0690. The van der Waals surface area contributed by atoms with E-state index in [1.54, 1.807) is 18.2 Å². The predicted octanol–water partition coefficient (Wildman–Crippen LogP) is 3.05. The largest absolute Gasteiger partial charge is 0.476 e. The van der Waals surface area contributed by atoms with Crippen molar-refractivity contribution in [1.29, 1.82) is 0 Å². The van der Waals surface area contributed by atoms with Crippen LogP contribution in [0.25, 0.3) is 5.65 Å². The van der Waals surface area contributed by atoms with Gasteiger partial charge >= 0.3 is 5.97 Å². The molecule has 0 saturated heterocycles. The molecule has 0 aliphatic carbocycles. The van der Waals surface area contributed by atoms with Gasteiger partial charge in [-0.25, -0.2) is 18.6 Å². The first-order chi connectivity index (χ1) is 10.1. The van der Waals surface area contributed by atoms with E-state index >= 15 is 0 Å². The highest BCUT2D eigenvalue weighted by Crippen LogP contribution is 2.26. The maximum Gasteiger partial charge on any atom is 0.356 e. The van der Waals surface area contributed by atoms with Gasteiger partial charge in [-0.2, -0.15) is 0 Å². The van der Waals surface area contributed by atoms with Gasteiger partial charge in [-0.15, -0.1) is 0 Å². The Morgan fingerprint density at radius 3 is 2.52 bits per heavy atom. The van der Waals surface area contributed by atoms with Gasteiger partial charge in [0.1, 0.15) is 23.0 Å². The predicted molar refractivity (Wildman–Crippen MR) is 71.8 cm³/mol. The summed E-state index contributed by atoms with van der Waals surface area (Å²) in [4.78, 5) is 15.4. The minimum atomic E-state index is -1.26. The Hall–Kier alpha value is -2.96. The second kappa shape index (κ2) is 4.86. The Morgan fingerprint density at radius 1 is 1.14 bits per heavy atom. The molecule has 21 heavy (non-hydrogen) atoms. The summed E-state index contributed by atoms with van der Waals surface area (Å²) < 4.78 is 28.6. The van der Waals surface area contributed by atoms with Crippen LogP contribution < -0.4 is 5.32 Å². The summed E-state index contributed by atoms with van der Waals surface area (Å²) in [6.45, 7) is 0. The number of hydrogen-bond donors (Lipinski definition) is 2. The number of nitrogens with one attached hydrogen (secondary N) is 1. The molecule has 2 N–H and O–H groups in total. The molecule has 0 spiro atoms. The third-order valence-electron chi connectivity index (χ3n) is 2.94. The molecule has 0 fully saturated rings. The van der Waals surface area contributed by atoms with Gasteiger partial charge in [0.2, 0.25) is 0 Å². The van der Waals surface area contributed by atoms with E-state index in [0.717, 1.165) is 12.1 Å². The van der Waals surface area contributed by atoms with Crippen LogP contribution in [0, 0.1) is 11.6 Å². The molecule has 0 unspecified atom stereocenters. The minimum Gasteiger partial charge on any atom is -0.476 e. The Morgan fingerprint density at radius 2 is 1.86 bits per heavy atom. The van der Waals surface area contributed by atoms with E-state index in [9.17, 15) is 18.7 Å². The molecule has 0 bridgehead atoms. The second-order valence-corrected chi connectivity index (χ2v) is 4.26. The minimum absolute atomic E-state index is 0.127. The van der Waals surface area contributed by atoms with Gasteiger partial charge < -0.3 is 10.4 Å². The zero-order valence-corrected chi connectivity index (χ0v) is 10.5. The van der Waals surface area contributed by atoms with Crippen LogP contribution in [-0.4, -0.2) is 20.5 Å². The zero-order chi connectivity index (χ0) is 15.0. The molecule has 0 aliphatic rings. The van der Waals surface area contributed by atoms with E-state index in [1.165, 1.54) is 16.7 Å². The molecule has 0 radical (unpaired) electrons. The fraction of sp³-hybridized carbons (Fsp3) is 0. The van der Waals surface area contributed by atoms with E-state index in [2.05, 4.69) is 10.3 Å². The highest BCUT2D eigenvalue weighted by molar-refractivity contribution is 5.93. The normalized spacial score (nSPS) is 10.8. The zero-order valence-electron chi connectivity index (χ0n) is 10.5. The molecular weight excluding hydrogens is 280 g/mol. The van der Waals surface area contributed by atoms with Crippen LogP contribution >= 0.6 is 0 Å². The lowest BCUT2D eigenvalue weighted by Gasteiger charge is -2.06. The smallest absolute Gasteiger partial charge is 0.356 e. The standard InChI is InChI=1S/C14H9F2N3O2/c15-8-4-3-5-9(16)11(8)18-13-12(14(20)21)19-7-2-1-6-10(19)17-13/h1-7,18H,(H,20,21). The summed E-state index contributed by atoms with van der Waals surface area (Å²) in [6.07, 6.45) is 1.51. The number of carboxylic acids is 1. The number of nitrogens with zero attached hydrogens (tertiary/aromatic N) is 2. The lowest BCUT2D eigenvalue weighted by Crippen LogP contribution is -2.06. The first kappa shape index (κ1) is 13.0. The Balaban J connectivity index is 2.17. The lowest BCUT2D eigenvalue weighted by atomic mass is 10.3. The molecule has 0 atom stereocenters. The molecule has 0 aliphatic heterocycles. The van der Waals surface area contributed by atoms with Crippen LogP contribution in [-0.2, 0) is 0 Å². The van der Waals surface area contributed by atoms with Crippen molar-refractivity contribution in [2.24, 2.45) is 0 Å². The van der Waals surface area contributed by atoms with E-state index in [0.29, 0.717) is 5.65 Å². The van der Waals surface area contributed by atoms with Crippen molar-refractivity contribution in [1.82, 2.24) is 9.38 Å². The number of carbonyl (C=O) groups is 1.